The Morgan fingerprint density at radius 1 is 1.19 bits per heavy atom. The first-order valence-corrected chi connectivity index (χ1v) is 14.4. The van der Waals surface area contributed by atoms with Crippen LogP contribution in [-0.4, -0.2) is 73.3 Å². The first-order valence-electron chi connectivity index (χ1n) is 14.4. The average Bonchev–Trinajstić information content (AvgIpc) is 3.28. The number of hydrogen-bond acceptors (Lipinski definition) is 9. The molecule has 11 nitrogen and oxygen atoms in total. The van der Waals surface area contributed by atoms with Crippen molar-refractivity contribution in [2.45, 2.75) is 50.9 Å². The zero-order valence-corrected chi connectivity index (χ0v) is 23.6. The van der Waals surface area contributed by atoms with E-state index in [1.807, 2.05) is 12.3 Å². The monoisotopic (exact) mass is 572 g/mol. The molecule has 1 aliphatic heterocycles. The van der Waals surface area contributed by atoms with E-state index >= 15 is 0 Å². The second-order valence-electron chi connectivity index (χ2n) is 11.5. The molecule has 0 amide bonds. The highest BCUT2D eigenvalue weighted by Gasteiger charge is 2.57. The topological polar surface area (TPSA) is 126 Å². The Balaban J connectivity index is 1.15. The van der Waals surface area contributed by atoms with Crippen molar-refractivity contribution < 1.29 is 19.0 Å². The van der Waals surface area contributed by atoms with Crippen LogP contribution in [0.1, 0.15) is 35.9 Å². The summed E-state index contributed by atoms with van der Waals surface area (Å²) in [6, 6.07) is 5.65. The molecule has 0 saturated heterocycles. The summed E-state index contributed by atoms with van der Waals surface area (Å²) in [5.74, 6) is 1.79. The van der Waals surface area contributed by atoms with Gasteiger partial charge in [0.25, 0.3) is 0 Å². The highest BCUT2D eigenvalue weighted by molar-refractivity contribution is 5.75. The molecule has 5 heterocycles. The summed E-state index contributed by atoms with van der Waals surface area (Å²) in [5.41, 5.74) is 5.04. The third kappa shape index (κ3) is 4.53. The number of hydrogen-bond donors (Lipinski definition) is 2. The van der Waals surface area contributed by atoms with Crippen LogP contribution in [0.15, 0.2) is 36.8 Å². The summed E-state index contributed by atoms with van der Waals surface area (Å²) >= 11 is 0. The van der Waals surface area contributed by atoms with Crippen molar-refractivity contribution in [2.24, 2.45) is 11.8 Å². The molecule has 42 heavy (non-hydrogen) atoms. The van der Waals surface area contributed by atoms with Crippen LogP contribution in [-0.2, 0) is 13.0 Å². The lowest BCUT2D eigenvalue weighted by Crippen LogP contribution is -2.38. The van der Waals surface area contributed by atoms with Crippen LogP contribution in [0.3, 0.4) is 0 Å². The molecule has 2 aliphatic carbocycles. The van der Waals surface area contributed by atoms with Gasteiger partial charge in [0.1, 0.15) is 5.82 Å². The number of aliphatic hydroxyl groups is 1. The SMILES string of the molecule is COc1cnn2cc(-c3nn4c(c3C)CCN(C3CC5C(C3)C5NC#N)CC4)cc(OC(CO)c3ccc(F)cn3)c12. The normalized spacial score (nSPS) is 24.0. The van der Waals surface area contributed by atoms with Crippen molar-refractivity contribution in [2.75, 3.05) is 26.8 Å². The van der Waals surface area contributed by atoms with Crippen molar-refractivity contribution in [3.63, 3.8) is 0 Å². The molecule has 3 atom stereocenters. The van der Waals surface area contributed by atoms with Crippen LogP contribution in [0.2, 0.25) is 0 Å². The first kappa shape index (κ1) is 26.7. The quantitative estimate of drug-likeness (QED) is 0.242. The van der Waals surface area contributed by atoms with Gasteiger partial charge in [-0.05, 0) is 55.4 Å². The first-order chi connectivity index (χ1) is 20.5. The van der Waals surface area contributed by atoms with Gasteiger partial charge < -0.3 is 19.9 Å². The molecule has 218 valence electrons. The third-order valence-electron chi connectivity index (χ3n) is 9.27. The Bertz CT molecular complexity index is 1650. The summed E-state index contributed by atoms with van der Waals surface area (Å²) < 4.78 is 29.2. The maximum atomic E-state index is 13.5. The van der Waals surface area contributed by atoms with Crippen LogP contribution >= 0.6 is 0 Å². The highest BCUT2D eigenvalue weighted by atomic mass is 19.1. The van der Waals surface area contributed by atoms with Gasteiger partial charge in [0, 0.05) is 49.0 Å². The fourth-order valence-corrected chi connectivity index (χ4v) is 7.06. The second kappa shape index (κ2) is 10.6. The number of aliphatic hydroxyl groups excluding tert-OH is 1. The van der Waals surface area contributed by atoms with Gasteiger partial charge in [0.05, 0.1) is 44.0 Å². The lowest BCUT2D eigenvalue weighted by Gasteiger charge is -2.28. The highest BCUT2D eigenvalue weighted by Crippen LogP contribution is 2.53. The van der Waals surface area contributed by atoms with Gasteiger partial charge in [-0.3, -0.25) is 14.6 Å². The number of nitrogens with one attached hydrogen (secondary N) is 1. The third-order valence-corrected chi connectivity index (χ3v) is 9.27. The molecule has 4 aromatic rings. The Morgan fingerprint density at radius 2 is 2.02 bits per heavy atom. The van der Waals surface area contributed by atoms with Gasteiger partial charge in [-0.2, -0.15) is 15.5 Å². The summed E-state index contributed by atoms with van der Waals surface area (Å²) in [4.78, 5) is 6.71. The Labute approximate surface area is 242 Å². The van der Waals surface area contributed by atoms with E-state index in [1.54, 1.807) is 17.8 Å². The van der Waals surface area contributed by atoms with E-state index in [9.17, 15) is 9.50 Å². The second-order valence-corrected chi connectivity index (χ2v) is 11.5. The van der Waals surface area contributed by atoms with Crippen molar-refractivity contribution in [3.8, 4) is 28.9 Å². The van der Waals surface area contributed by atoms with Gasteiger partial charge in [-0.15, -0.1) is 0 Å². The predicted molar refractivity (Wildman–Crippen MR) is 150 cm³/mol. The number of rotatable bonds is 8. The summed E-state index contributed by atoms with van der Waals surface area (Å²) in [5, 5.41) is 31.6. The molecule has 3 unspecified atom stereocenters. The summed E-state index contributed by atoms with van der Waals surface area (Å²) in [6.07, 6.45) is 9.16. The number of fused-ring (bicyclic) bond motifs is 3. The van der Waals surface area contributed by atoms with Crippen molar-refractivity contribution in [1.82, 2.24) is 34.6 Å². The zero-order chi connectivity index (χ0) is 29.0. The molecule has 12 heteroatoms. The number of nitriles is 1. The van der Waals surface area contributed by atoms with Crippen LogP contribution in [0, 0.1) is 36.0 Å². The van der Waals surface area contributed by atoms with Gasteiger partial charge in [0.2, 0.25) is 0 Å². The van der Waals surface area contributed by atoms with Gasteiger partial charge in [-0.25, -0.2) is 8.91 Å². The number of halogens is 1. The van der Waals surface area contributed by atoms with E-state index in [2.05, 4.69) is 38.1 Å². The molecular formula is C30H33FN8O3. The van der Waals surface area contributed by atoms with Crippen molar-refractivity contribution >= 4 is 5.52 Å². The van der Waals surface area contributed by atoms with Gasteiger partial charge >= 0.3 is 0 Å². The number of aromatic nitrogens is 5. The van der Waals surface area contributed by atoms with E-state index in [0.717, 1.165) is 61.9 Å². The van der Waals surface area contributed by atoms with Crippen molar-refractivity contribution in [1.29, 1.82) is 5.26 Å². The minimum absolute atomic E-state index is 0.349. The summed E-state index contributed by atoms with van der Waals surface area (Å²) in [7, 11) is 1.57. The van der Waals surface area contributed by atoms with E-state index in [0.29, 0.717) is 46.6 Å². The lowest BCUT2D eigenvalue weighted by molar-refractivity contribution is 0.114. The molecule has 4 aromatic heterocycles. The van der Waals surface area contributed by atoms with Crippen LogP contribution in [0.4, 0.5) is 4.39 Å². The zero-order valence-electron chi connectivity index (χ0n) is 23.6. The van der Waals surface area contributed by atoms with Crippen LogP contribution < -0.4 is 14.8 Å². The van der Waals surface area contributed by atoms with Gasteiger partial charge in [0.15, 0.2) is 29.3 Å². The molecule has 2 saturated carbocycles. The molecule has 3 aliphatic rings. The number of nitrogens with zero attached hydrogens (tertiary/aromatic N) is 7. The fraction of sp³-hybridized carbons (Fsp3) is 0.467. The molecule has 2 N–H and O–H groups in total. The molecule has 0 bridgehead atoms. The molecule has 0 radical (unpaired) electrons. The van der Waals surface area contributed by atoms with E-state index in [-0.39, 0.29) is 6.61 Å². The van der Waals surface area contributed by atoms with E-state index in [1.165, 1.54) is 17.8 Å². The maximum Gasteiger partial charge on any atom is 0.176 e. The van der Waals surface area contributed by atoms with Crippen LogP contribution in [0.5, 0.6) is 11.5 Å². The smallest absolute Gasteiger partial charge is 0.176 e. The average molecular weight is 573 g/mol. The molecule has 7 rings (SSSR count). The molecular weight excluding hydrogens is 539 g/mol. The number of ether oxygens (including phenoxy) is 2. The van der Waals surface area contributed by atoms with Crippen LogP contribution in [0.25, 0.3) is 16.8 Å². The number of methoxy groups -OCH3 is 1. The molecule has 0 spiro atoms. The van der Waals surface area contributed by atoms with E-state index in [4.69, 9.17) is 19.8 Å². The minimum atomic E-state index is -0.817. The minimum Gasteiger partial charge on any atom is -0.493 e. The number of pyridine rings is 2. The van der Waals surface area contributed by atoms with E-state index < -0.39 is 11.9 Å². The predicted octanol–water partition coefficient (Wildman–Crippen LogP) is 2.87. The Hall–Kier alpha value is -4.21. The Morgan fingerprint density at radius 3 is 2.74 bits per heavy atom. The summed E-state index contributed by atoms with van der Waals surface area (Å²) in [6.45, 7) is 4.50. The fourth-order valence-electron chi connectivity index (χ4n) is 7.06. The molecule has 0 aromatic carbocycles. The maximum absolute atomic E-state index is 13.5. The standard InChI is InChI=1S/C30H33FN8O3/c1-17-24-5-6-37(20-10-21-22(11-20)29(21)34-16-32)7-8-38(24)36-28(17)18-9-25(30-26(41-2)13-35-39(30)14-18)42-27(15-40)23-4-3-19(31)12-33-23/h3-4,9,12-14,20-22,27,29,34,40H,5-8,10-11,15H2,1-2H3. The molecule has 2 fully saturated rings. The lowest BCUT2D eigenvalue weighted by atomic mass is 10.1. The largest absolute Gasteiger partial charge is 0.493 e. The Kier molecular flexibility index (Phi) is 6.71. The van der Waals surface area contributed by atoms with Crippen molar-refractivity contribution in [3.05, 3.63) is 59.6 Å². The van der Waals surface area contributed by atoms with Gasteiger partial charge in [-0.1, -0.05) is 0 Å².